The Balaban J connectivity index is 2.21. The molecule has 0 aliphatic rings. The van der Waals surface area contributed by atoms with E-state index in [1.54, 1.807) is 18.2 Å². The largest absolute Gasteiger partial charge is 0.322 e. The van der Waals surface area contributed by atoms with E-state index in [1.807, 2.05) is 18.2 Å². The molecule has 2 aromatic rings. The molecule has 0 spiro atoms. The predicted octanol–water partition coefficient (Wildman–Crippen LogP) is 5.48. The quantitative estimate of drug-likeness (QED) is 0.779. The fraction of sp³-hybridized carbons (Fsp3) is 0.188. The van der Waals surface area contributed by atoms with Crippen LogP contribution in [0.2, 0.25) is 5.02 Å². The Morgan fingerprint density at radius 2 is 1.95 bits per heavy atom. The molecule has 2 aromatic carbocycles. The van der Waals surface area contributed by atoms with Gasteiger partial charge >= 0.3 is 0 Å². The van der Waals surface area contributed by atoms with Crippen LogP contribution >= 0.6 is 27.5 Å². The predicted molar refractivity (Wildman–Crippen MR) is 87.6 cm³/mol. The van der Waals surface area contributed by atoms with Gasteiger partial charge in [0.25, 0.3) is 5.91 Å². The summed E-state index contributed by atoms with van der Waals surface area (Å²) in [6.07, 6.45) is 0. The van der Waals surface area contributed by atoms with E-state index in [0.717, 1.165) is 10.2 Å². The topological polar surface area (TPSA) is 29.1 Å². The molecule has 1 N–H and O–H groups in total. The van der Waals surface area contributed by atoms with E-state index in [-0.39, 0.29) is 5.91 Å². The Bertz CT molecular complexity index is 620. The summed E-state index contributed by atoms with van der Waals surface area (Å²) in [5, 5.41) is 3.42. The van der Waals surface area contributed by atoms with Gasteiger partial charge in [0.05, 0.1) is 0 Å². The number of carbonyl (C=O) groups is 1. The number of benzene rings is 2. The lowest BCUT2D eigenvalue weighted by Gasteiger charge is -2.10. The van der Waals surface area contributed by atoms with Gasteiger partial charge in [-0.3, -0.25) is 4.79 Å². The molecule has 0 fully saturated rings. The van der Waals surface area contributed by atoms with Crippen LogP contribution in [-0.2, 0) is 0 Å². The van der Waals surface area contributed by atoms with Gasteiger partial charge in [-0.05, 0) is 41.8 Å². The van der Waals surface area contributed by atoms with Crippen molar-refractivity contribution in [1.29, 1.82) is 0 Å². The molecule has 0 unspecified atom stereocenters. The molecule has 0 saturated carbocycles. The molecule has 4 heteroatoms. The Labute approximate surface area is 132 Å². The van der Waals surface area contributed by atoms with Crippen molar-refractivity contribution in [2.24, 2.45) is 0 Å². The first-order chi connectivity index (χ1) is 9.45. The van der Waals surface area contributed by atoms with Crippen molar-refractivity contribution < 1.29 is 4.79 Å². The van der Waals surface area contributed by atoms with Gasteiger partial charge in [-0.2, -0.15) is 0 Å². The van der Waals surface area contributed by atoms with Crippen LogP contribution in [0.4, 0.5) is 5.69 Å². The van der Waals surface area contributed by atoms with Crippen molar-refractivity contribution in [3.63, 3.8) is 0 Å². The average Bonchev–Trinajstić information content (AvgIpc) is 2.37. The maximum absolute atomic E-state index is 12.2. The highest BCUT2D eigenvalue weighted by Crippen LogP contribution is 2.22. The summed E-state index contributed by atoms with van der Waals surface area (Å²) in [5.41, 5.74) is 2.51. The summed E-state index contributed by atoms with van der Waals surface area (Å²) in [6, 6.07) is 13.0. The molecule has 0 aromatic heterocycles. The lowest BCUT2D eigenvalue weighted by molar-refractivity contribution is 0.102. The standard InChI is InChI=1S/C16H15BrClNO/c1-10(2)11-4-3-5-15(8-11)19-16(20)12-6-13(17)9-14(18)7-12/h3-10H,1-2H3,(H,19,20). The monoisotopic (exact) mass is 351 g/mol. The highest BCUT2D eigenvalue weighted by molar-refractivity contribution is 9.10. The summed E-state index contributed by atoms with van der Waals surface area (Å²) >= 11 is 9.29. The highest BCUT2D eigenvalue weighted by Gasteiger charge is 2.09. The number of halogens is 2. The summed E-state index contributed by atoms with van der Waals surface area (Å²) in [4.78, 5) is 12.2. The van der Waals surface area contributed by atoms with E-state index in [1.165, 1.54) is 5.56 Å². The molecule has 0 aliphatic heterocycles. The van der Waals surface area contributed by atoms with Gasteiger partial charge in [0.2, 0.25) is 0 Å². The molecule has 0 bridgehead atoms. The van der Waals surface area contributed by atoms with Gasteiger partial charge < -0.3 is 5.32 Å². The number of hydrogen-bond donors (Lipinski definition) is 1. The number of rotatable bonds is 3. The minimum Gasteiger partial charge on any atom is -0.322 e. The van der Waals surface area contributed by atoms with Crippen molar-refractivity contribution in [2.75, 3.05) is 5.32 Å². The Morgan fingerprint density at radius 1 is 1.20 bits per heavy atom. The zero-order chi connectivity index (χ0) is 14.7. The van der Waals surface area contributed by atoms with Crippen LogP contribution in [0.3, 0.4) is 0 Å². The summed E-state index contributed by atoms with van der Waals surface area (Å²) in [7, 11) is 0. The maximum Gasteiger partial charge on any atom is 0.255 e. The van der Waals surface area contributed by atoms with Crippen LogP contribution in [-0.4, -0.2) is 5.91 Å². The molecule has 0 atom stereocenters. The number of anilines is 1. The Morgan fingerprint density at radius 3 is 2.60 bits per heavy atom. The Hall–Kier alpha value is -1.32. The SMILES string of the molecule is CC(C)c1cccc(NC(=O)c2cc(Cl)cc(Br)c2)c1. The third kappa shape index (κ3) is 3.84. The van der Waals surface area contributed by atoms with E-state index in [9.17, 15) is 4.79 Å². The Kier molecular flexibility index (Phi) is 4.84. The smallest absolute Gasteiger partial charge is 0.255 e. The van der Waals surface area contributed by atoms with Crippen LogP contribution in [0.25, 0.3) is 0 Å². The molecule has 0 aliphatic carbocycles. The lowest BCUT2D eigenvalue weighted by atomic mass is 10.0. The first-order valence-electron chi connectivity index (χ1n) is 6.33. The van der Waals surface area contributed by atoms with E-state index < -0.39 is 0 Å². The van der Waals surface area contributed by atoms with Crippen LogP contribution in [0.15, 0.2) is 46.9 Å². The van der Waals surface area contributed by atoms with E-state index in [4.69, 9.17) is 11.6 Å². The van der Waals surface area contributed by atoms with Gasteiger partial charge in [-0.25, -0.2) is 0 Å². The fourth-order valence-electron chi connectivity index (χ4n) is 1.86. The van der Waals surface area contributed by atoms with Crippen LogP contribution in [0.1, 0.15) is 35.7 Å². The first-order valence-corrected chi connectivity index (χ1v) is 7.50. The third-order valence-corrected chi connectivity index (χ3v) is 3.61. The summed E-state index contributed by atoms with van der Waals surface area (Å²) < 4.78 is 0.783. The van der Waals surface area contributed by atoms with Crippen molar-refractivity contribution >= 4 is 39.1 Å². The number of hydrogen-bond acceptors (Lipinski definition) is 1. The molecule has 2 nitrogen and oxygen atoms in total. The van der Waals surface area contributed by atoms with Gasteiger partial charge in [0.15, 0.2) is 0 Å². The van der Waals surface area contributed by atoms with Crippen molar-refractivity contribution in [1.82, 2.24) is 0 Å². The fourth-order valence-corrected chi connectivity index (χ4v) is 2.72. The average molecular weight is 353 g/mol. The third-order valence-electron chi connectivity index (χ3n) is 2.94. The van der Waals surface area contributed by atoms with Crippen LogP contribution < -0.4 is 5.32 Å². The molecule has 20 heavy (non-hydrogen) atoms. The first kappa shape index (κ1) is 15.1. The normalized spacial score (nSPS) is 10.7. The second kappa shape index (κ2) is 6.42. The van der Waals surface area contributed by atoms with Crippen molar-refractivity contribution in [3.8, 4) is 0 Å². The molecule has 0 saturated heterocycles. The van der Waals surface area contributed by atoms with Crippen molar-refractivity contribution in [3.05, 3.63) is 63.1 Å². The van der Waals surface area contributed by atoms with Gasteiger partial charge in [0, 0.05) is 20.7 Å². The second-order valence-corrected chi connectivity index (χ2v) is 6.24. The molecule has 104 valence electrons. The number of amides is 1. The number of carbonyl (C=O) groups excluding carboxylic acids is 1. The van der Waals surface area contributed by atoms with E-state index in [0.29, 0.717) is 16.5 Å². The maximum atomic E-state index is 12.2. The minimum atomic E-state index is -0.172. The minimum absolute atomic E-state index is 0.172. The summed E-state index contributed by atoms with van der Waals surface area (Å²) in [6.45, 7) is 4.24. The molecule has 0 radical (unpaired) electrons. The van der Waals surface area contributed by atoms with Gasteiger partial charge in [0.1, 0.15) is 0 Å². The van der Waals surface area contributed by atoms with E-state index >= 15 is 0 Å². The lowest BCUT2D eigenvalue weighted by Crippen LogP contribution is -2.12. The zero-order valence-corrected chi connectivity index (χ0v) is 13.6. The zero-order valence-electron chi connectivity index (χ0n) is 11.3. The molecule has 0 heterocycles. The second-order valence-electron chi connectivity index (χ2n) is 4.89. The van der Waals surface area contributed by atoms with Crippen molar-refractivity contribution in [2.45, 2.75) is 19.8 Å². The molecular formula is C16H15BrClNO. The van der Waals surface area contributed by atoms with Gasteiger partial charge in [-0.1, -0.05) is 53.5 Å². The van der Waals surface area contributed by atoms with Gasteiger partial charge in [-0.15, -0.1) is 0 Å². The molecule has 1 amide bonds. The van der Waals surface area contributed by atoms with Crippen LogP contribution in [0, 0.1) is 0 Å². The highest BCUT2D eigenvalue weighted by atomic mass is 79.9. The van der Waals surface area contributed by atoms with E-state index in [2.05, 4.69) is 41.2 Å². The molecular weight excluding hydrogens is 338 g/mol. The summed E-state index contributed by atoms with van der Waals surface area (Å²) in [5.74, 6) is 0.251. The molecule has 2 rings (SSSR count). The van der Waals surface area contributed by atoms with Crippen LogP contribution in [0.5, 0.6) is 0 Å². The number of nitrogens with one attached hydrogen (secondary N) is 1.